The highest BCUT2D eigenvalue weighted by atomic mass is 16.5. The molecule has 0 spiro atoms. The summed E-state index contributed by atoms with van der Waals surface area (Å²) in [4.78, 5) is 11.3. The first-order valence-electron chi connectivity index (χ1n) is 6.08. The van der Waals surface area contributed by atoms with E-state index in [1.807, 2.05) is 19.1 Å². The summed E-state index contributed by atoms with van der Waals surface area (Å²) in [6.45, 7) is 4.63. The molecule has 0 saturated heterocycles. The van der Waals surface area contributed by atoms with E-state index >= 15 is 0 Å². The fraction of sp³-hybridized carbons (Fsp3) is 0.500. The molecular formula is C14H21NO2. The molecule has 0 bridgehead atoms. The van der Waals surface area contributed by atoms with Gasteiger partial charge in [0.25, 0.3) is 0 Å². The second kappa shape index (κ2) is 6.94. The lowest BCUT2D eigenvalue weighted by Crippen LogP contribution is -2.21. The minimum atomic E-state index is -0.175. The van der Waals surface area contributed by atoms with Gasteiger partial charge in [0.05, 0.1) is 13.0 Å². The predicted octanol–water partition coefficient (Wildman–Crippen LogP) is 2.86. The molecule has 1 N–H and O–H groups in total. The molecule has 3 heteroatoms. The van der Waals surface area contributed by atoms with Gasteiger partial charge in [-0.15, -0.1) is 0 Å². The number of rotatable bonds is 6. The summed E-state index contributed by atoms with van der Waals surface area (Å²) in [5.74, 6) is -0.305. The van der Waals surface area contributed by atoms with Crippen LogP contribution in [0.5, 0.6) is 0 Å². The summed E-state index contributed by atoms with van der Waals surface area (Å²) in [6.07, 6.45) is 2.17. The number of aryl methyl sites for hydroxylation is 1. The van der Waals surface area contributed by atoms with Crippen LogP contribution in [-0.2, 0) is 16.0 Å². The lowest BCUT2D eigenvalue weighted by Gasteiger charge is -2.14. The first-order valence-corrected chi connectivity index (χ1v) is 6.08. The van der Waals surface area contributed by atoms with Gasteiger partial charge in [0.15, 0.2) is 0 Å². The average Bonchev–Trinajstić information content (AvgIpc) is 2.36. The number of para-hydroxylation sites is 1. The van der Waals surface area contributed by atoms with Crippen LogP contribution in [0.4, 0.5) is 5.69 Å². The van der Waals surface area contributed by atoms with Crippen LogP contribution in [0.2, 0.25) is 0 Å². The van der Waals surface area contributed by atoms with Crippen molar-refractivity contribution in [1.82, 2.24) is 0 Å². The fourth-order valence-electron chi connectivity index (χ4n) is 1.73. The Balaban J connectivity index is 2.59. The van der Waals surface area contributed by atoms with E-state index in [-0.39, 0.29) is 11.9 Å². The Morgan fingerprint density at radius 1 is 1.41 bits per heavy atom. The molecule has 3 nitrogen and oxygen atoms in total. The predicted molar refractivity (Wildman–Crippen MR) is 70.1 cm³/mol. The van der Waals surface area contributed by atoms with E-state index in [0.29, 0.717) is 6.54 Å². The molecule has 0 aromatic heterocycles. The normalized spacial score (nSPS) is 11.9. The number of carbonyl (C=O) groups is 1. The summed E-state index contributed by atoms with van der Waals surface area (Å²) in [5, 5.41) is 3.31. The number of hydrogen-bond donors (Lipinski definition) is 1. The molecular weight excluding hydrogens is 214 g/mol. The molecule has 1 unspecified atom stereocenters. The minimum absolute atomic E-state index is 0.130. The number of hydrogen-bond acceptors (Lipinski definition) is 3. The van der Waals surface area contributed by atoms with E-state index < -0.39 is 0 Å². The smallest absolute Gasteiger partial charge is 0.310 e. The summed E-state index contributed by atoms with van der Waals surface area (Å²) >= 11 is 0. The van der Waals surface area contributed by atoms with Crippen LogP contribution >= 0.6 is 0 Å². The number of ether oxygens (including phenoxy) is 1. The third-order valence-corrected chi connectivity index (χ3v) is 2.74. The number of anilines is 1. The number of carbonyl (C=O) groups excluding carboxylic acids is 1. The Kier molecular flexibility index (Phi) is 5.53. The van der Waals surface area contributed by atoms with Crippen molar-refractivity contribution in [3.05, 3.63) is 29.8 Å². The first-order chi connectivity index (χ1) is 8.19. The lowest BCUT2D eigenvalue weighted by atomic mass is 10.1. The Labute approximate surface area is 103 Å². The highest BCUT2D eigenvalue weighted by Crippen LogP contribution is 2.17. The average molecular weight is 235 g/mol. The van der Waals surface area contributed by atoms with Gasteiger partial charge in [-0.05, 0) is 18.1 Å². The zero-order valence-corrected chi connectivity index (χ0v) is 10.8. The molecule has 0 aliphatic heterocycles. The number of benzene rings is 1. The van der Waals surface area contributed by atoms with E-state index in [0.717, 1.165) is 18.5 Å². The standard InChI is InChI=1S/C14H21NO2/c1-4-7-12-8-5-6-9-13(12)15-10-11(2)14(16)17-3/h5-6,8-9,11,15H,4,7,10H2,1-3H3. The molecule has 17 heavy (non-hydrogen) atoms. The summed E-state index contributed by atoms with van der Waals surface area (Å²) in [5.41, 5.74) is 2.41. The van der Waals surface area contributed by atoms with Crippen LogP contribution in [0.25, 0.3) is 0 Å². The Bertz CT molecular complexity index is 363. The van der Waals surface area contributed by atoms with Gasteiger partial charge in [0.2, 0.25) is 0 Å². The molecule has 0 heterocycles. The zero-order valence-electron chi connectivity index (χ0n) is 10.8. The molecule has 0 saturated carbocycles. The van der Waals surface area contributed by atoms with Crippen molar-refractivity contribution in [2.45, 2.75) is 26.7 Å². The van der Waals surface area contributed by atoms with Gasteiger partial charge in [0.1, 0.15) is 0 Å². The van der Waals surface area contributed by atoms with Gasteiger partial charge in [-0.2, -0.15) is 0 Å². The van der Waals surface area contributed by atoms with Crippen molar-refractivity contribution in [3.8, 4) is 0 Å². The molecule has 0 aliphatic rings. The van der Waals surface area contributed by atoms with Crippen LogP contribution in [0.15, 0.2) is 24.3 Å². The molecule has 1 atom stereocenters. The number of methoxy groups -OCH3 is 1. The minimum Gasteiger partial charge on any atom is -0.469 e. The Morgan fingerprint density at radius 2 is 2.12 bits per heavy atom. The molecule has 1 rings (SSSR count). The highest BCUT2D eigenvalue weighted by molar-refractivity contribution is 5.72. The van der Waals surface area contributed by atoms with Gasteiger partial charge in [0, 0.05) is 12.2 Å². The summed E-state index contributed by atoms with van der Waals surface area (Å²) < 4.78 is 4.70. The van der Waals surface area contributed by atoms with Crippen molar-refractivity contribution in [1.29, 1.82) is 0 Å². The molecule has 1 aromatic carbocycles. The van der Waals surface area contributed by atoms with E-state index in [9.17, 15) is 4.79 Å². The van der Waals surface area contributed by atoms with Crippen LogP contribution in [0.1, 0.15) is 25.8 Å². The largest absolute Gasteiger partial charge is 0.469 e. The maximum atomic E-state index is 11.3. The van der Waals surface area contributed by atoms with Crippen molar-refractivity contribution in [2.24, 2.45) is 5.92 Å². The number of nitrogens with one attached hydrogen (secondary N) is 1. The second-order valence-corrected chi connectivity index (χ2v) is 4.21. The molecule has 0 radical (unpaired) electrons. The van der Waals surface area contributed by atoms with Gasteiger partial charge < -0.3 is 10.1 Å². The van der Waals surface area contributed by atoms with Gasteiger partial charge in [-0.25, -0.2) is 0 Å². The third-order valence-electron chi connectivity index (χ3n) is 2.74. The SMILES string of the molecule is CCCc1ccccc1NCC(C)C(=O)OC. The second-order valence-electron chi connectivity index (χ2n) is 4.21. The van der Waals surface area contributed by atoms with Crippen LogP contribution in [-0.4, -0.2) is 19.6 Å². The Morgan fingerprint density at radius 3 is 2.76 bits per heavy atom. The molecule has 1 aromatic rings. The summed E-state index contributed by atoms with van der Waals surface area (Å²) in [7, 11) is 1.42. The lowest BCUT2D eigenvalue weighted by molar-refractivity contribution is -0.144. The molecule has 0 fully saturated rings. The quantitative estimate of drug-likeness (QED) is 0.770. The topological polar surface area (TPSA) is 38.3 Å². The fourth-order valence-corrected chi connectivity index (χ4v) is 1.73. The molecule has 0 aliphatic carbocycles. The van der Waals surface area contributed by atoms with E-state index in [4.69, 9.17) is 4.74 Å². The molecule has 94 valence electrons. The van der Waals surface area contributed by atoms with Crippen LogP contribution in [0, 0.1) is 5.92 Å². The number of esters is 1. The van der Waals surface area contributed by atoms with E-state index in [1.54, 1.807) is 0 Å². The highest BCUT2D eigenvalue weighted by Gasteiger charge is 2.12. The zero-order chi connectivity index (χ0) is 12.7. The monoisotopic (exact) mass is 235 g/mol. The maximum absolute atomic E-state index is 11.3. The van der Waals surface area contributed by atoms with Crippen LogP contribution in [0.3, 0.4) is 0 Å². The third kappa shape index (κ3) is 4.10. The van der Waals surface area contributed by atoms with Crippen molar-refractivity contribution in [2.75, 3.05) is 19.0 Å². The maximum Gasteiger partial charge on any atom is 0.310 e. The summed E-state index contributed by atoms with van der Waals surface area (Å²) in [6, 6.07) is 8.22. The van der Waals surface area contributed by atoms with E-state index in [2.05, 4.69) is 24.4 Å². The van der Waals surface area contributed by atoms with Crippen molar-refractivity contribution >= 4 is 11.7 Å². The molecule has 0 amide bonds. The van der Waals surface area contributed by atoms with Crippen molar-refractivity contribution in [3.63, 3.8) is 0 Å². The van der Waals surface area contributed by atoms with Gasteiger partial charge in [-0.1, -0.05) is 38.5 Å². The van der Waals surface area contributed by atoms with E-state index in [1.165, 1.54) is 12.7 Å². The Hall–Kier alpha value is -1.51. The van der Waals surface area contributed by atoms with Gasteiger partial charge in [-0.3, -0.25) is 4.79 Å². The van der Waals surface area contributed by atoms with Crippen LogP contribution < -0.4 is 5.32 Å². The first kappa shape index (κ1) is 13.6. The van der Waals surface area contributed by atoms with Gasteiger partial charge >= 0.3 is 5.97 Å². The van der Waals surface area contributed by atoms with Crippen molar-refractivity contribution < 1.29 is 9.53 Å².